The Balaban J connectivity index is 1.67. The van der Waals surface area contributed by atoms with Gasteiger partial charge in [-0.1, -0.05) is 59.7 Å². The predicted molar refractivity (Wildman–Crippen MR) is 130 cm³/mol. The molecule has 0 spiro atoms. The molecule has 4 aromatic rings. The van der Waals surface area contributed by atoms with Crippen molar-refractivity contribution in [2.75, 3.05) is 5.32 Å². The first-order valence-corrected chi connectivity index (χ1v) is 10.7. The molecule has 1 heterocycles. The molecule has 0 saturated heterocycles. The molecule has 4 rings (SSSR count). The van der Waals surface area contributed by atoms with E-state index in [2.05, 4.69) is 22.4 Å². The highest BCUT2D eigenvalue weighted by Crippen LogP contribution is 2.19. The Hall–Kier alpha value is -3.86. The first-order chi connectivity index (χ1) is 15.4. The van der Waals surface area contributed by atoms with Crippen molar-refractivity contribution in [3.63, 3.8) is 0 Å². The number of amides is 2. The largest absolute Gasteiger partial charge is 0.322 e. The Morgan fingerprint density at radius 2 is 1.59 bits per heavy atom. The summed E-state index contributed by atoms with van der Waals surface area (Å²) in [6.07, 6.45) is 0. The number of H-pyrrole nitrogens is 1. The molecular weight excluding hydrogens is 398 g/mol. The van der Waals surface area contributed by atoms with Gasteiger partial charge in [0, 0.05) is 17.8 Å². The highest BCUT2D eigenvalue weighted by atomic mass is 16.2. The summed E-state index contributed by atoms with van der Waals surface area (Å²) in [5.74, 6) is 0. The first-order valence-electron chi connectivity index (χ1n) is 10.7. The second-order valence-corrected chi connectivity index (χ2v) is 8.31. The van der Waals surface area contributed by atoms with E-state index in [1.807, 2.05) is 81.4 Å². The first kappa shape index (κ1) is 21.4. The Morgan fingerprint density at radius 1 is 0.875 bits per heavy atom. The predicted octanol–water partition coefficient (Wildman–Crippen LogP) is 5.69. The van der Waals surface area contributed by atoms with Crippen molar-refractivity contribution >= 4 is 22.6 Å². The smallest absolute Gasteiger partial charge is 0.321 e. The Morgan fingerprint density at radius 3 is 2.31 bits per heavy atom. The van der Waals surface area contributed by atoms with Crippen molar-refractivity contribution < 1.29 is 4.79 Å². The standard InChI is InChI=1S/C27H27N3O2/c1-18-9-11-21(12-10-18)16-30(27(32)28-24-7-5-4-6-8-24)17-23-15-22-14-19(2)13-20(3)25(22)29-26(23)31/h4-15H,16-17H2,1-3H3,(H,28,32)(H,29,31). The minimum absolute atomic E-state index is 0.175. The van der Waals surface area contributed by atoms with Gasteiger partial charge in [0.2, 0.25) is 0 Å². The monoisotopic (exact) mass is 425 g/mol. The molecule has 32 heavy (non-hydrogen) atoms. The molecule has 0 aliphatic carbocycles. The van der Waals surface area contributed by atoms with Gasteiger partial charge in [0.25, 0.3) is 5.56 Å². The van der Waals surface area contributed by atoms with Crippen LogP contribution in [-0.2, 0) is 13.1 Å². The number of nitrogens with one attached hydrogen (secondary N) is 2. The highest BCUT2D eigenvalue weighted by Gasteiger charge is 2.17. The van der Waals surface area contributed by atoms with Gasteiger partial charge in [-0.25, -0.2) is 4.79 Å². The Labute approximate surface area is 187 Å². The molecule has 0 saturated carbocycles. The van der Waals surface area contributed by atoms with Crippen molar-refractivity contribution in [1.29, 1.82) is 0 Å². The lowest BCUT2D eigenvalue weighted by Crippen LogP contribution is -2.35. The number of hydrogen-bond donors (Lipinski definition) is 2. The van der Waals surface area contributed by atoms with Gasteiger partial charge >= 0.3 is 6.03 Å². The van der Waals surface area contributed by atoms with Crippen LogP contribution in [0.2, 0.25) is 0 Å². The number of anilines is 1. The number of aryl methyl sites for hydroxylation is 3. The Bertz CT molecular complexity index is 1310. The lowest BCUT2D eigenvalue weighted by Gasteiger charge is -2.23. The van der Waals surface area contributed by atoms with Crippen molar-refractivity contribution in [1.82, 2.24) is 9.88 Å². The number of aromatic nitrogens is 1. The quantitative estimate of drug-likeness (QED) is 0.432. The van der Waals surface area contributed by atoms with Crippen LogP contribution in [0.25, 0.3) is 10.9 Å². The van der Waals surface area contributed by atoms with E-state index in [1.165, 1.54) is 0 Å². The highest BCUT2D eigenvalue weighted by molar-refractivity contribution is 5.89. The van der Waals surface area contributed by atoms with Gasteiger partial charge in [0.05, 0.1) is 12.1 Å². The molecule has 0 unspecified atom stereocenters. The Kier molecular flexibility index (Phi) is 6.08. The van der Waals surface area contributed by atoms with E-state index in [0.717, 1.165) is 33.2 Å². The van der Waals surface area contributed by atoms with Gasteiger partial charge in [-0.2, -0.15) is 0 Å². The molecule has 0 atom stereocenters. The summed E-state index contributed by atoms with van der Waals surface area (Å²) in [5, 5.41) is 3.91. The van der Waals surface area contributed by atoms with Crippen LogP contribution < -0.4 is 10.9 Å². The van der Waals surface area contributed by atoms with E-state index >= 15 is 0 Å². The second kappa shape index (κ2) is 9.10. The molecule has 5 heteroatoms. The molecule has 2 N–H and O–H groups in total. The lowest BCUT2D eigenvalue weighted by molar-refractivity contribution is 0.206. The number of carbonyl (C=O) groups excluding carboxylic acids is 1. The van der Waals surface area contributed by atoms with E-state index < -0.39 is 0 Å². The average Bonchev–Trinajstić information content (AvgIpc) is 2.76. The van der Waals surface area contributed by atoms with Crippen LogP contribution in [-0.4, -0.2) is 15.9 Å². The molecule has 1 aromatic heterocycles. The SMILES string of the molecule is Cc1ccc(CN(Cc2cc3cc(C)cc(C)c3[nH]c2=O)C(=O)Nc2ccccc2)cc1. The van der Waals surface area contributed by atoms with Crippen LogP contribution >= 0.6 is 0 Å². The zero-order chi connectivity index (χ0) is 22.7. The van der Waals surface area contributed by atoms with Crippen molar-refractivity contribution in [3.8, 4) is 0 Å². The van der Waals surface area contributed by atoms with Gasteiger partial charge in [-0.3, -0.25) is 4.79 Å². The molecule has 0 bridgehead atoms. The number of rotatable bonds is 5. The van der Waals surface area contributed by atoms with E-state index in [9.17, 15) is 9.59 Å². The van der Waals surface area contributed by atoms with E-state index in [0.29, 0.717) is 17.8 Å². The number of para-hydroxylation sites is 1. The zero-order valence-corrected chi connectivity index (χ0v) is 18.6. The molecular formula is C27H27N3O2. The maximum Gasteiger partial charge on any atom is 0.322 e. The molecule has 0 radical (unpaired) electrons. The summed E-state index contributed by atoms with van der Waals surface area (Å²) < 4.78 is 0. The number of pyridine rings is 1. The van der Waals surface area contributed by atoms with Gasteiger partial charge in [-0.15, -0.1) is 0 Å². The molecule has 2 amide bonds. The molecule has 0 fully saturated rings. The third kappa shape index (κ3) is 4.89. The zero-order valence-electron chi connectivity index (χ0n) is 18.6. The summed E-state index contributed by atoms with van der Waals surface area (Å²) in [5.41, 5.74) is 6.25. The minimum atomic E-state index is -0.253. The van der Waals surface area contributed by atoms with Gasteiger partial charge < -0.3 is 15.2 Å². The van der Waals surface area contributed by atoms with Crippen LogP contribution in [0.5, 0.6) is 0 Å². The van der Waals surface area contributed by atoms with Crippen molar-refractivity contribution in [2.45, 2.75) is 33.9 Å². The van der Waals surface area contributed by atoms with E-state index in [1.54, 1.807) is 4.90 Å². The fourth-order valence-electron chi connectivity index (χ4n) is 3.89. The van der Waals surface area contributed by atoms with E-state index in [4.69, 9.17) is 0 Å². The summed E-state index contributed by atoms with van der Waals surface area (Å²) in [7, 11) is 0. The molecule has 0 aliphatic rings. The second-order valence-electron chi connectivity index (χ2n) is 8.31. The van der Waals surface area contributed by atoms with Crippen molar-refractivity contribution in [3.05, 3.63) is 111 Å². The van der Waals surface area contributed by atoms with Crippen LogP contribution in [0.3, 0.4) is 0 Å². The number of carbonyl (C=O) groups is 1. The molecule has 0 aliphatic heterocycles. The van der Waals surface area contributed by atoms with Crippen LogP contribution in [0.15, 0.2) is 77.6 Å². The van der Waals surface area contributed by atoms with Crippen LogP contribution in [0.1, 0.15) is 27.8 Å². The average molecular weight is 426 g/mol. The molecule has 5 nitrogen and oxygen atoms in total. The van der Waals surface area contributed by atoms with E-state index in [-0.39, 0.29) is 18.1 Å². The summed E-state index contributed by atoms with van der Waals surface area (Å²) in [6.45, 7) is 6.65. The fourth-order valence-corrected chi connectivity index (χ4v) is 3.89. The van der Waals surface area contributed by atoms with Crippen LogP contribution in [0.4, 0.5) is 10.5 Å². The lowest BCUT2D eigenvalue weighted by atomic mass is 10.0. The van der Waals surface area contributed by atoms with Crippen LogP contribution in [0, 0.1) is 20.8 Å². The topological polar surface area (TPSA) is 65.2 Å². The summed E-state index contributed by atoms with van der Waals surface area (Å²) in [6, 6.07) is 23.1. The number of benzene rings is 3. The normalized spacial score (nSPS) is 10.8. The van der Waals surface area contributed by atoms with Crippen molar-refractivity contribution in [2.24, 2.45) is 0 Å². The van der Waals surface area contributed by atoms with Gasteiger partial charge in [0.1, 0.15) is 0 Å². The number of hydrogen-bond acceptors (Lipinski definition) is 2. The summed E-state index contributed by atoms with van der Waals surface area (Å²) in [4.78, 5) is 30.7. The molecule has 3 aromatic carbocycles. The number of nitrogens with zero attached hydrogens (tertiary/aromatic N) is 1. The third-order valence-corrected chi connectivity index (χ3v) is 5.54. The summed E-state index contributed by atoms with van der Waals surface area (Å²) >= 11 is 0. The number of aromatic amines is 1. The number of fused-ring (bicyclic) bond motifs is 1. The maximum atomic E-state index is 13.2. The van der Waals surface area contributed by atoms with Gasteiger partial charge in [0.15, 0.2) is 0 Å². The number of urea groups is 1. The fraction of sp³-hybridized carbons (Fsp3) is 0.185. The third-order valence-electron chi connectivity index (χ3n) is 5.54. The molecule has 162 valence electrons. The van der Waals surface area contributed by atoms with Gasteiger partial charge in [-0.05, 0) is 61.5 Å². The minimum Gasteiger partial charge on any atom is -0.321 e. The maximum absolute atomic E-state index is 13.2.